The average Bonchev–Trinajstić information content (AvgIpc) is 2.64. The molecule has 0 aromatic heterocycles. The van der Waals surface area contributed by atoms with Gasteiger partial charge in [0.2, 0.25) is 11.8 Å². The Morgan fingerprint density at radius 1 is 1.71 bits per heavy atom. The Balaban J connectivity index is 2.24. The van der Waals surface area contributed by atoms with Crippen LogP contribution in [0.3, 0.4) is 0 Å². The molecule has 0 aromatic rings. The first-order valence-electron chi connectivity index (χ1n) is 4.76. The van der Waals surface area contributed by atoms with Crippen LogP contribution in [0.25, 0.3) is 0 Å². The van der Waals surface area contributed by atoms with Gasteiger partial charge in [-0.05, 0) is 13.3 Å². The van der Waals surface area contributed by atoms with Gasteiger partial charge >= 0.3 is 0 Å². The van der Waals surface area contributed by atoms with E-state index in [1.165, 1.54) is 0 Å². The highest BCUT2D eigenvalue weighted by atomic mass is 32.2. The summed E-state index contributed by atoms with van der Waals surface area (Å²) >= 11 is 1.72. The lowest BCUT2D eigenvalue weighted by atomic mass is 10.2. The Hall–Kier alpha value is -0.710. The molecule has 78 valence electrons. The second-order valence-corrected chi connectivity index (χ2v) is 5.38. The van der Waals surface area contributed by atoms with Gasteiger partial charge in [-0.3, -0.25) is 9.59 Å². The standard InChI is InChI=1S/C9H14N2O2S/c1-9-4-3-7(12)11(9)6(5-14-9)8(13)10-2/h6H,3-5H2,1-2H3,(H,10,13). The van der Waals surface area contributed by atoms with Crippen LogP contribution in [0, 0.1) is 0 Å². The van der Waals surface area contributed by atoms with Crippen LogP contribution >= 0.6 is 11.8 Å². The number of thioether (sulfide) groups is 1. The molecule has 0 radical (unpaired) electrons. The highest BCUT2D eigenvalue weighted by Crippen LogP contribution is 2.47. The maximum atomic E-state index is 11.6. The third-order valence-electron chi connectivity index (χ3n) is 2.99. The molecule has 0 aromatic carbocycles. The monoisotopic (exact) mass is 214 g/mol. The smallest absolute Gasteiger partial charge is 0.243 e. The lowest BCUT2D eigenvalue weighted by molar-refractivity contribution is -0.137. The lowest BCUT2D eigenvalue weighted by Gasteiger charge is -2.29. The van der Waals surface area contributed by atoms with Crippen molar-refractivity contribution in [1.82, 2.24) is 10.2 Å². The molecule has 2 amide bonds. The summed E-state index contributed by atoms with van der Waals surface area (Å²) < 4.78 is 0. The molecule has 2 aliphatic heterocycles. The van der Waals surface area contributed by atoms with Crippen LogP contribution in [0.4, 0.5) is 0 Å². The fourth-order valence-electron chi connectivity index (χ4n) is 2.18. The number of rotatable bonds is 1. The Labute approximate surface area is 87.4 Å². The maximum Gasteiger partial charge on any atom is 0.243 e. The highest BCUT2D eigenvalue weighted by Gasteiger charge is 2.52. The maximum absolute atomic E-state index is 11.6. The number of fused-ring (bicyclic) bond motifs is 1. The quantitative estimate of drug-likeness (QED) is 0.677. The van der Waals surface area contributed by atoms with Crippen molar-refractivity contribution in [3.63, 3.8) is 0 Å². The van der Waals surface area contributed by atoms with Crippen molar-refractivity contribution in [3.8, 4) is 0 Å². The third kappa shape index (κ3) is 1.22. The minimum absolute atomic E-state index is 0.0449. The van der Waals surface area contributed by atoms with Crippen LogP contribution in [0.15, 0.2) is 0 Å². The number of carbonyl (C=O) groups is 2. The first kappa shape index (κ1) is 9.83. The van der Waals surface area contributed by atoms with E-state index in [1.54, 1.807) is 23.7 Å². The van der Waals surface area contributed by atoms with E-state index in [2.05, 4.69) is 5.32 Å². The lowest BCUT2D eigenvalue weighted by Crippen LogP contribution is -2.49. The van der Waals surface area contributed by atoms with Crippen LogP contribution in [-0.4, -0.2) is 40.4 Å². The van der Waals surface area contributed by atoms with Crippen molar-refractivity contribution in [2.45, 2.75) is 30.7 Å². The van der Waals surface area contributed by atoms with E-state index in [1.807, 2.05) is 6.92 Å². The van der Waals surface area contributed by atoms with Crippen LogP contribution in [0.2, 0.25) is 0 Å². The van der Waals surface area contributed by atoms with Gasteiger partial charge in [-0.1, -0.05) is 0 Å². The van der Waals surface area contributed by atoms with Crippen molar-refractivity contribution in [2.24, 2.45) is 0 Å². The fourth-order valence-corrected chi connectivity index (χ4v) is 3.61. The van der Waals surface area contributed by atoms with E-state index in [9.17, 15) is 9.59 Å². The van der Waals surface area contributed by atoms with Gasteiger partial charge in [0.1, 0.15) is 6.04 Å². The highest BCUT2D eigenvalue weighted by molar-refractivity contribution is 8.01. The van der Waals surface area contributed by atoms with Crippen molar-refractivity contribution >= 4 is 23.6 Å². The minimum atomic E-state index is -0.259. The van der Waals surface area contributed by atoms with E-state index in [0.29, 0.717) is 6.42 Å². The molecule has 14 heavy (non-hydrogen) atoms. The van der Waals surface area contributed by atoms with Gasteiger partial charge in [-0.2, -0.15) is 0 Å². The molecule has 2 atom stereocenters. The molecule has 0 aliphatic carbocycles. The molecule has 0 spiro atoms. The molecule has 5 heteroatoms. The summed E-state index contributed by atoms with van der Waals surface area (Å²) in [5, 5.41) is 2.61. The molecule has 2 aliphatic rings. The van der Waals surface area contributed by atoms with Gasteiger partial charge in [0, 0.05) is 19.2 Å². The molecule has 4 nitrogen and oxygen atoms in total. The number of nitrogens with one attached hydrogen (secondary N) is 1. The Morgan fingerprint density at radius 2 is 2.43 bits per heavy atom. The fraction of sp³-hybridized carbons (Fsp3) is 0.778. The topological polar surface area (TPSA) is 49.4 Å². The molecule has 1 N–H and O–H groups in total. The zero-order chi connectivity index (χ0) is 10.3. The zero-order valence-electron chi connectivity index (χ0n) is 8.37. The van der Waals surface area contributed by atoms with Crippen molar-refractivity contribution in [1.29, 1.82) is 0 Å². The third-order valence-corrected chi connectivity index (χ3v) is 4.50. The van der Waals surface area contributed by atoms with Crippen LogP contribution in [0.5, 0.6) is 0 Å². The molecule has 2 fully saturated rings. The van der Waals surface area contributed by atoms with Crippen LogP contribution in [0.1, 0.15) is 19.8 Å². The molecular formula is C9H14N2O2S. The molecule has 0 bridgehead atoms. The van der Waals surface area contributed by atoms with Gasteiger partial charge in [0.15, 0.2) is 0 Å². The van der Waals surface area contributed by atoms with E-state index in [4.69, 9.17) is 0 Å². The largest absolute Gasteiger partial charge is 0.357 e. The first-order chi connectivity index (χ1) is 6.58. The summed E-state index contributed by atoms with van der Waals surface area (Å²) in [5.41, 5.74) is 0. The van der Waals surface area contributed by atoms with Gasteiger partial charge in [-0.15, -0.1) is 11.8 Å². The summed E-state index contributed by atoms with van der Waals surface area (Å²) in [5.74, 6) is 0.796. The zero-order valence-corrected chi connectivity index (χ0v) is 9.19. The molecule has 2 heterocycles. The van der Waals surface area contributed by atoms with Gasteiger partial charge in [-0.25, -0.2) is 0 Å². The number of carbonyl (C=O) groups excluding carboxylic acids is 2. The minimum Gasteiger partial charge on any atom is -0.357 e. The Kier molecular flexibility index (Phi) is 2.21. The average molecular weight is 214 g/mol. The number of hydrogen-bond donors (Lipinski definition) is 1. The van der Waals surface area contributed by atoms with Gasteiger partial charge in [0.25, 0.3) is 0 Å². The predicted octanol–water partition coefficient (Wildman–Crippen LogP) is 0.186. The second kappa shape index (κ2) is 3.15. The van der Waals surface area contributed by atoms with Crippen molar-refractivity contribution in [3.05, 3.63) is 0 Å². The Morgan fingerprint density at radius 3 is 3.07 bits per heavy atom. The summed E-state index contributed by atoms with van der Waals surface area (Å²) in [6.07, 6.45) is 1.45. The van der Waals surface area contributed by atoms with Crippen molar-refractivity contribution in [2.75, 3.05) is 12.8 Å². The second-order valence-electron chi connectivity index (χ2n) is 3.88. The molecule has 2 rings (SSSR count). The number of likely N-dealkylation sites (N-methyl/N-ethyl adjacent to an activating group) is 1. The number of nitrogens with zero attached hydrogens (tertiary/aromatic N) is 1. The molecule has 0 saturated carbocycles. The summed E-state index contributed by atoms with van der Waals surface area (Å²) in [6, 6.07) is -0.259. The van der Waals surface area contributed by atoms with E-state index in [-0.39, 0.29) is 22.7 Å². The van der Waals surface area contributed by atoms with E-state index >= 15 is 0 Å². The summed E-state index contributed by atoms with van der Waals surface area (Å²) in [7, 11) is 1.61. The SMILES string of the molecule is CNC(=O)C1CSC2(C)CCC(=O)N12. The van der Waals surface area contributed by atoms with E-state index < -0.39 is 0 Å². The predicted molar refractivity (Wildman–Crippen MR) is 54.8 cm³/mol. The summed E-state index contributed by atoms with van der Waals surface area (Å²) in [6.45, 7) is 2.05. The number of amides is 2. The normalized spacial score (nSPS) is 36.0. The first-order valence-corrected chi connectivity index (χ1v) is 5.75. The molecule has 2 unspecified atom stereocenters. The molecular weight excluding hydrogens is 200 g/mol. The van der Waals surface area contributed by atoms with Crippen LogP contribution in [-0.2, 0) is 9.59 Å². The Bertz CT molecular complexity index is 295. The summed E-state index contributed by atoms with van der Waals surface area (Å²) in [4.78, 5) is 24.8. The van der Waals surface area contributed by atoms with E-state index in [0.717, 1.165) is 12.2 Å². The number of hydrogen-bond acceptors (Lipinski definition) is 3. The van der Waals surface area contributed by atoms with Gasteiger partial charge < -0.3 is 10.2 Å². The van der Waals surface area contributed by atoms with Gasteiger partial charge in [0.05, 0.1) is 4.87 Å². The van der Waals surface area contributed by atoms with Crippen LogP contribution < -0.4 is 5.32 Å². The molecule has 2 saturated heterocycles. The van der Waals surface area contributed by atoms with Crippen molar-refractivity contribution < 1.29 is 9.59 Å².